The van der Waals surface area contributed by atoms with Crippen molar-refractivity contribution in [2.45, 2.75) is 44.2 Å². The van der Waals surface area contributed by atoms with E-state index in [4.69, 9.17) is 10.5 Å². The van der Waals surface area contributed by atoms with Gasteiger partial charge >= 0.3 is 6.03 Å². The number of anilines is 2. The predicted molar refractivity (Wildman–Crippen MR) is 154 cm³/mol. The molecule has 2 aromatic carbocycles. The fourth-order valence-corrected chi connectivity index (χ4v) is 5.65. The van der Waals surface area contributed by atoms with E-state index in [9.17, 15) is 14.4 Å². The molecule has 0 spiro atoms. The Hall–Kier alpha value is -3.63. The van der Waals surface area contributed by atoms with Gasteiger partial charge < -0.3 is 35.8 Å². The third kappa shape index (κ3) is 7.11. The van der Waals surface area contributed by atoms with Crippen molar-refractivity contribution in [3.05, 3.63) is 59.7 Å². The van der Waals surface area contributed by atoms with E-state index in [-0.39, 0.29) is 36.3 Å². The molecule has 2 heterocycles. The number of urea groups is 1. The summed E-state index contributed by atoms with van der Waals surface area (Å²) in [6, 6.07) is 15.5. The van der Waals surface area contributed by atoms with Crippen LogP contribution in [0.15, 0.2) is 48.5 Å². The molecule has 214 valence electrons. The fourth-order valence-electron chi connectivity index (χ4n) is 5.65. The molecule has 4 amide bonds. The molecule has 1 saturated carbocycles. The van der Waals surface area contributed by atoms with Gasteiger partial charge in [0.15, 0.2) is 0 Å². The molecule has 2 saturated heterocycles. The molecule has 0 bridgehead atoms. The van der Waals surface area contributed by atoms with Crippen LogP contribution >= 0.6 is 0 Å². The first kappa shape index (κ1) is 27.9. The summed E-state index contributed by atoms with van der Waals surface area (Å²) in [4.78, 5) is 45.1. The van der Waals surface area contributed by atoms with Crippen molar-refractivity contribution in [3.63, 3.8) is 0 Å². The first-order chi connectivity index (χ1) is 19.5. The van der Waals surface area contributed by atoms with Gasteiger partial charge in [0, 0.05) is 56.9 Å². The summed E-state index contributed by atoms with van der Waals surface area (Å²) in [7, 11) is 0. The highest BCUT2D eigenvalue weighted by Crippen LogP contribution is 2.29. The fraction of sp³-hybridized carbons (Fsp3) is 0.500. The third-order valence-corrected chi connectivity index (χ3v) is 8.02. The Kier molecular flexibility index (Phi) is 9.18. The molecule has 40 heavy (non-hydrogen) atoms. The number of piperazine rings is 1. The number of nitrogens with zero attached hydrogens (tertiary/aromatic N) is 3. The number of hydrogen-bond acceptors (Lipinski definition) is 6. The second-order valence-electron chi connectivity index (χ2n) is 10.9. The molecule has 1 aliphatic carbocycles. The Labute approximate surface area is 235 Å². The first-order valence-corrected chi connectivity index (χ1v) is 14.4. The number of benzene rings is 2. The van der Waals surface area contributed by atoms with E-state index in [1.54, 1.807) is 6.07 Å². The van der Waals surface area contributed by atoms with Crippen molar-refractivity contribution in [2.75, 3.05) is 62.7 Å². The van der Waals surface area contributed by atoms with Crippen LogP contribution in [0, 0.1) is 0 Å². The van der Waals surface area contributed by atoms with Crippen LogP contribution in [0.1, 0.15) is 41.6 Å². The van der Waals surface area contributed by atoms with Crippen LogP contribution in [0.2, 0.25) is 0 Å². The van der Waals surface area contributed by atoms with Crippen LogP contribution < -0.4 is 21.3 Å². The molecule has 3 fully saturated rings. The van der Waals surface area contributed by atoms with E-state index >= 15 is 0 Å². The van der Waals surface area contributed by atoms with Crippen molar-refractivity contribution in [1.29, 1.82) is 0 Å². The molecule has 2 aromatic rings. The maximum atomic E-state index is 13.2. The zero-order chi connectivity index (χ0) is 27.9. The van der Waals surface area contributed by atoms with Gasteiger partial charge in [-0.1, -0.05) is 30.3 Å². The molecule has 0 aromatic heterocycles. The number of nitrogens with one attached hydrogen (secondary N) is 2. The molecule has 3 aliphatic rings. The lowest BCUT2D eigenvalue weighted by Gasteiger charge is -2.39. The number of amides is 4. The summed E-state index contributed by atoms with van der Waals surface area (Å²) < 4.78 is 5.38. The first-order valence-electron chi connectivity index (χ1n) is 14.4. The number of morpholine rings is 1. The van der Waals surface area contributed by atoms with Gasteiger partial charge in [-0.2, -0.15) is 0 Å². The molecule has 0 radical (unpaired) electrons. The summed E-state index contributed by atoms with van der Waals surface area (Å²) in [5.74, 6) is -0.293. The SMILES string of the molecule is NC1CCC(NC(=O)c2ccc(N3CCN(C(=O)N4CCOCC4)CC3)c(NC(=O)Cc3ccccc3)c2)CC1. The maximum Gasteiger partial charge on any atom is 0.320 e. The van der Waals surface area contributed by atoms with Crippen LogP contribution in [0.25, 0.3) is 0 Å². The largest absolute Gasteiger partial charge is 0.378 e. The molecule has 0 unspecified atom stereocenters. The van der Waals surface area contributed by atoms with Crippen molar-refractivity contribution >= 4 is 29.2 Å². The third-order valence-electron chi connectivity index (χ3n) is 8.02. The van der Waals surface area contributed by atoms with Crippen molar-refractivity contribution in [1.82, 2.24) is 15.1 Å². The molecular formula is C30H40N6O4. The number of carbonyl (C=O) groups excluding carboxylic acids is 3. The number of rotatable bonds is 6. The minimum Gasteiger partial charge on any atom is -0.378 e. The lowest BCUT2D eigenvalue weighted by atomic mass is 9.91. The Balaban J connectivity index is 1.29. The Morgan fingerprint density at radius 3 is 2.23 bits per heavy atom. The second-order valence-corrected chi connectivity index (χ2v) is 10.9. The molecular weight excluding hydrogens is 508 g/mol. The molecule has 4 N–H and O–H groups in total. The van der Waals surface area contributed by atoms with Gasteiger partial charge in [-0.15, -0.1) is 0 Å². The van der Waals surface area contributed by atoms with E-state index in [0.717, 1.165) is 36.9 Å². The monoisotopic (exact) mass is 548 g/mol. The maximum absolute atomic E-state index is 13.2. The lowest BCUT2D eigenvalue weighted by molar-refractivity contribution is -0.115. The highest BCUT2D eigenvalue weighted by Gasteiger charge is 2.28. The molecule has 0 atom stereocenters. The molecule has 10 nitrogen and oxygen atoms in total. The van der Waals surface area contributed by atoms with Crippen LogP contribution in [0.5, 0.6) is 0 Å². The summed E-state index contributed by atoms with van der Waals surface area (Å²) >= 11 is 0. The van der Waals surface area contributed by atoms with Crippen LogP contribution in [-0.4, -0.2) is 92.2 Å². The van der Waals surface area contributed by atoms with E-state index in [0.29, 0.717) is 63.7 Å². The van der Waals surface area contributed by atoms with Gasteiger partial charge in [0.25, 0.3) is 5.91 Å². The molecule has 2 aliphatic heterocycles. The van der Waals surface area contributed by atoms with E-state index in [1.165, 1.54) is 0 Å². The number of hydrogen-bond donors (Lipinski definition) is 3. The Morgan fingerprint density at radius 2 is 1.52 bits per heavy atom. The Bertz CT molecular complexity index is 1170. The summed E-state index contributed by atoms with van der Waals surface area (Å²) in [5, 5.41) is 6.21. The summed E-state index contributed by atoms with van der Waals surface area (Å²) in [5.41, 5.74) is 8.90. The van der Waals surface area contributed by atoms with E-state index in [2.05, 4.69) is 15.5 Å². The molecule has 10 heteroatoms. The Morgan fingerprint density at radius 1 is 0.850 bits per heavy atom. The van der Waals surface area contributed by atoms with Gasteiger partial charge in [-0.25, -0.2) is 4.79 Å². The van der Waals surface area contributed by atoms with Crippen LogP contribution in [0.4, 0.5) is 16.2 Å². The van der Waals surface area contributed by atoms with E-state index < -0.39 is 0 Å². The van der Waals surface area contributed by atoms with Crippen molar-refractivity contribution in [3.8, 4) is 0 Å². The second kappa shape index (κ2) is 13.1. The van der Waals surface area contributed by atoms with Crippen molar-refractivity contribution in [2.24, 2.45) is 5.73 Å². The number of nitrogens with two attached hydrogens (primary N) is 1. The number of ether oxygens (including phenoxy) is 1. The van der Waals surface area contributed by atoms with Crippen molar-refractivity contribution < 1.29 is 19.1 Å². The molecule has 5 rings (SSSR count). The highest BCUT2D eigenvalue weighted by molar-refractivity contribution is 6.00. The summed E-state index contributed by atoms with van der Waals surface area (Å²) in [6.07, 6.45) is 3.80. The predicted octanol–water partition coefficient (Wildman–Crippen LogP) is 2.44. The minimum absolute atomic E-state index is 0.0509. The van der Waals surface area contributed by atoms with Gasteiger partial charge in [0.05, 0.1) is 31.0 Å². The topological polar surface area (TPSA) is 120 Å². The quantitative estimate of drug-likeness (QED) is 0.510. The standard InChI is InChI=1S/C30H40N6O4/c31-24-7-9-25(10-8-24)32-29(38)23-6-11-27(26(21-23)33-28(37)20-22-4-2-1-3-5-22)34-12-14-35(15-13-34)30(39)36-16-18-40-19-17-36/h1-6,11,21,24-25H,7-10,12-20,31H2,(H,32,38)(H,33,37). The minimum atomic E-state index is -0.147. The zero-order valence-electron chi connectivity index (χ0n) is 23.0. The van der Waals surface area contributed by atoms with Gasteiger partial charge in [-0.05, 0) is 49.4 Å². The number of carbonyl (C=O) groups is 3. The van der Waals surface area contributed by atoms with Gasteiger partial charge in [0.1, 0.15) is 0 Å². The van der Waals surface area contributed by atoms with Gasteiger partial charge in [0.2, 0.25) is 5.91 Å². The lowest BCUT2D eigenvalue weighted by Crippen LogP contribution is -2.55. The zero-order valence-corrected chi connectivity index (χ0v) is 23.0. The van der Waals surface area contributed by atoms with Crippen LogP contribution in [0.3, 0.4) is 0 Å². The summed E-state index contributed by atoms with van der Waals surface area (Å²) in [6.45, 7) is 4.82. The highest BCUT2D eigenvalue weighted by atomic mass is 16.5. The smallest absolute Gasteiger partial charge is 0.320 e. The average molecular weight is 549 g/mol. The van der Waals surface area contributed by atoms with Crippen LogP contribution in [-0.2, 0) is 16.0 Å². The van der Waals surface area contributed by atoms with E-state index in [1.807, 2.05) is 52.3 Å². The average Bonchev–Trinajstić information content (AvgIpc) is 2.99. The van der Waals surface area contributed by atoms with Gasteiger partial charge in [-0.3, -0.25) is 9.59 Å². The normalized spacial score (nSPS) is 21.6.